The van der Waals surface area contributed by atoms with Crippen molar-refractivity contribution in [3.05, 3.63) is 39.1 Å². The third-order valence-electron chi connectivity index (χ3n) is 4.07. The SMILES string of the molecule is COc1cc(C2NC(=O)NC(C(C)C)=C2C(=O)OC(C)C)cc([N+](=O)[O-])c1O. The summed E-state index contributed by atoms with van der Waals surface area (Å²) in [6.07, 6.45) is -0.407. The van der Waals surface area contributed by atoms with Gasteiger partial charge in [-0.15, -0.1) is 0 Å². The number of benzene rings is 1. The number of nitrogens with zero attached hydrogens (tertiary/aromatic N) is 1. The minimum absolute atomic E-state index is 0.130. The molecule has 0 bridgehead atoms. The van der Waals surface area contributed by atoms with Gasteiger partial charge in [-0.1, -0.05) is 13.8 Å². The van der Waals surface area contributed by atoms with Crippen LogP contribution in [0.1, 0.15) is 39.3 Å². The second-order valence-corrected chi connectivity index (χ2v) is 6.82. The van der Waals surface area contributed by atoms with Crippen LogP contribution in [-0.2, 0) is 9.53 Å². The van der Waals surface area contributed by atoms with E-state index in [1.54, 1.807) is 27.7 Å². The summed E-state index contributed by atoms with van der Waals surface area (Å²) in [4.78, 5) is 35.5. The number of phenols is 1. The third kappa shape index (κ3) is 4.16. The van der Waals surface area contributed by atoms with Gasteiger partial charge in [0, 0.05) is 11.8 Å². The van der Waals surface area contributed by atoms with Gasteiger partial charge in [-0.25, -0.2) is 9.59 Å². The van der Waals surface area contributed by atoms with E-state index in [0.717, 1.165) is 6.07 Å². The van der Waals surface area contributed by atoms with E-state index in [4.69, 9.17) is 9.47 Å². The maximum Gasteiger partial charge on any atom is 0.338 e. The molecule has 2 rings (SSSR count). The molecule has 1 heterocycles. The fourth-order valence-electron chi connectivity index (χ4n) is 2.87. The molecule has 1 unspecified atom stereocenters. The van der Waals surface area contributed by atoms with Crippen LogP contribution in [0.5, 0.6) is 11.5 Å². The molecule has 0 aromatic heterocycles. The van der Waals surface area contributed by atoms with E-state index in [9.17, 15) is 24.8 Å². The Morgan fingerprint density at radius 3 is 2.43 bits per heavy atom. The van der Waals surface area contributed by atoms with Gasteiger partial charge in [-0.05, 0) is 31.4 Å². The van der Waals surface area contributed by atoms with Crippen LogP contribution in [0, 0.1) is 16.0 Å². The van der Waals surface area contributed by atoms with Crippen LogP contribution in [0.15, 0.2) is 23.4 Å². The van der Waals surface area contributed by atoms with Crippen molar-refractivity contribution < 1.29 is 29.1 Å². The maximum atomic E-state index is 12.8. The van der Waals surface area contributed by atoms with Crippen LogP contribution in [0.4, 0.5) is 10.5 Å². The van der Waals surface area contributed by atoms with E-state index in [1.807, 2.05) is 0 Å². The molecule has 1 aliphatic heterocycles. The van der Waals surface area contributed by atoms with Crippen molar-refractivity contribution in [2.75, 3.05) is 7.11 Å². The molecular formula is C18H23N3O7. The maximum absolute atomic E-state index is 12.8. The summed E-state index contributed by atoms with van der Waals surface area (Å²) in [5.41, 5.74) is 0.0781. The predicted molar refractivity (Wildman–Crippen MR) is 98.8 cm³/mol. The van der Waals surface area contributed by atoms with Gasteiger partial charge in [0.1, 0.15) is 0 Å². The largest absolute Gasteiger partial charge is 0.500 e. The second kappa shape index (κ2) is 8.15. The molecule has 0 fully saturated rings. The number of nitro groups is 1. The molecule has 10 heteroatoms. The van der Waals surface area contributed by atoms with Crippen LogP contribution in [0.2, 0.25) is 0 Å². The van der Waals surface area contributed by atoms with E-state index in [2.05, 4.69) is 10.6 Å². The summed E-state index contributed by atoms with van der Waals surface area (Å²) in [6, 6.07) is 0.837. The van der Waals surface area contributed by atoms with Gasteiger partial charge in [-0.3, -0.25) is 10.1 Å². The fourth-order valence-corrected chi connectivity index (χ4v) is 2.87. The number of hydrogen-bond donors (Lipinski definition) is 3. The molecule has 2 amide bonds. The zero-order valence-electron chi connectivity index (χ0n) is 16.2. The first kappa shape index (κ1) is 21.0. The van der Waals surface area contributed by atoms with Crippen LogP contribution < -0.4 is 15.4 Å². The topological polar surface area (TPSA) is 140 Å². The molecule has 1 aromatic rings. The van der Waals surface area contributed by atoms with Crippen molar-refractivity contribution in [3.8, 4) is 11.5 Å². The number of amides is 2. The molecule has 0 saturated heterocycles. The van der Waals surface area contributed by atoms with Crippen LogP contribution >= 0.6 is 0 Å². The number of nitrogens with one attached hydrogen (secondary N) is 2. The van der Waals surface area contributed by atoms with Crippen molar-refractivity contribution in [2.45, 2.75) is 39.8 Å². The van der Waals surface area contributed by atoms with Crippen molar-refractivity contribution in [1.82, 2.24) is 10.6 Å². The Hall–Kier alpha value is -3.30. The summed E-state index contributed by atoms with van der Waals surface area (Å²) in [5, 5.41) is 26.5. The average Bonchev–Trinajstić information content (AvgIpc) is 2.60. The summed E-state index contributed by atoms with van der Waals surface area (Å²) in [7, 11) is 1.24. The van der Waals surface area contributed by atoms with E-state index < -0.39 is 40.5 Å². The average molecular weight is 393 g/mol. The summed E-state index contributed by atoms with van der Waals surface area (Å²) >= 11 is 0. The molecule has 3 N–H and O–H groups in total. The van der Waals surface area contributed by atoms with Gasteiger partial charge < -0.3 is 25.2 Å². The van der Waals surface area contributed by atoms with Gasteiger partial charge in [0.05, 0.1) is 29.8 Å². The number of rotatable bonds is 6. The number of phenolic OH excluding ortho intramolecular Hbond substituents is 1. The monoisotopic (exact) mass is 393 g/mol. The van der Waals surface area contributed by atoms with E-state index in [1.165, 1.54) is 13.2 Å². The van der Waals surface area contributed by atoms with Crippen LogP contribution in [-0.4, -0.2) is 35.2 Å². The second-order valence-electron chi connectivity index (χ2n) is 6.82. The van der Waals surface area contributed by atoms with E-state index in [0.29, 0.717) is 5.70 Å². The first-order valence-electron chi connectivity index (χ1n) is 8.64. The molecule has 10 nitrogen and oxygen atoms in total. The number of methoxy groups -OCH3 is 1. The summed E-state index contributed by atoms with van der Waals surface area (Å²) in [6.45, 7) is 6.96. The quantitative estimate of drug-likeness (QED) is 0.383. The number of allylic oxidation sites excluding steroid dienone is 1. The first-order chi connectivity index (χ1) is 13.1. The highest BCUT2D eigenvalue weighted by Crippen LogP contribution is 2.41. The number of carbonyl (C=O) groups excluding carboxylic acids is 2. The number of carbonyl (C=O) groups is 2. The molecule has 152 valence electrons. The van der Waals surface area contributed by atoms with E-state index in [-0.39, 0.29) is 22.8 Å². The molecule has 0 radical (unpaired) electrons. The van der Waals surface area contributed by atoms with Crippen molar-refractivity contribution in [1.29, 1.82) is 0 Å². The Balaban J connectivity index is 2.71. The Kier molecular flexibility index (Phi) is 6.12. The lowest BCUT2D eigenvalue weighted by Crippen LogP contribution is -2.47. The molecule has 1 aromatic carbocycles. The zero-order valence-corrected chi connectivity index (χ0v) is 16.2. The van der Waals surface area contributed by atoms with Crippen molar-refractivity contribution in [3.63, 3.8) is 0 Å². The molecular weight excluding hydrogens is 370 g/mol. The number of nitro benzene ring substituents is 1. The number of urea groups is 1. The number of hydrogen-bond acceptors (Lipinski definition) is 7. The summed E-state index contributed by atoms with van der Waals surface area (Å²) in [5.74, 6) is -1.68. The Labute approximate surface area is 161 Å². The number of aromatic hydroxyl groups is 1. The molecule has 0 saturated carbocycles. The van der Waals surface area contributed by atoms with Crippen LogP contribution in [0.25, 0.3) is 0 Å². The third-order valence-corrected chi connectivity index (χ3v) is 4.07. The summed E-state index contributed by atoms with van der Waals surface area (Å²) < 4.78 is 10.3. The van der Waals surface area contributed by atoms with Gasteiger partial charge in [0.2, 0.25) is 5.75 Å². The fraction of sp³-hybridized carbons (Fsp3) is 0.444. The number of ether oxygens (including phenoxy) is 2. The highest BCUT2D eigenvalue weighted by Gasteiger charge is 2.36. The standard InChI is InChI=1S/C18H23N3O7/c1-8(2)14-13(17(23)28-9(3)4)15(20-18(24)19-14)10-6-11(21(25)26)16(22)12(7-10)27-5/h6-9,15,22H,1-5H3,(H2,19,20,24). The van der Waals surface area contributed by atoms with Gasteiger partial charge in [0.15, 0.2) is 5.75 Å². The van der Waals surface area contributed by atoms with Gasteiger partial charge in [0.25, 0.3) is 0 Å². The molecule has 28 heavy (non-hydrogen) atoms. The lowest BCUT2D eigenvalue weighted by molar-refractivity contribution is -0.386. The minimum Gasteiger partial charge on any atom is -0.500 e. The van der Waals surface area contributed by atoms with Crippen LogP contribution in [0.3, 0.4) is 0 Å². The highest BCUT2D eigenvalue weighted by molar-refractivity contribution is 5.95. The van der Waals surface area contributed by atoms with E-state index >= 15 is 0 Å². The molecule has 0 spiro atoms. The number of esters is 1. The molecule has 1 atom stereocenters. The van der Waals surface area contributed by atoms with Crippen molar-refractivity contribution >= 4 is 17.7 Å². The minimum atomic E-state index is -1.02. The van der Waals surface area contributed by atoms with Gasteiger partial charge >= 0.3 is 17.7 Å². The Morgan fingerprint density at radius 1 is 1.29 bits per heavy atom. The lowest BCUT2D eigenvalue weighted by atomic mass is 9.91. The zero-order chi connectivity index (χ0) is 21.2. The highest BCUT2D eigenvalue weighted by atomic mass is 16.6. The van der Waals surface area contributed by atoms with Gasteiger partial charge in [-0.2, -0.15) is 0 Å². The molecule has 0 aliphatic carbocycles. The lowest BCUT2D eigenvalue weighted by Gasteiger charge is -2.31. The van der Waals surface area contributed by atoms with Crippen molar-refractivity contribution in [2.24, 2.45) is 5.92 Å². The predicted octanol–water partition coefficient (Wildman–Crippen LogP) is 2.52. The Bertz CT molecular complexity index is 846. The smallest absolute Gasteiger partial charge is 0.338 e. The first-order valence-corrected chi connectivity index (χ1v) is 8.64. The Morgan fingerprint density at radius 2 is 1.93 bits per heavy atom. The molecule has 1 aliphatic rings. The normalized spacial score (nSPS) is 16.7.